The molecule has 5 atom stereocenters. The quantitative estimate of drug-likeness (QED) is 0.345. The van der Waals surface area contributed by atoms with Gasteiger partial charge in [0.1, 0.15) is 42.2 Å². The first kappa shape index (κ1) is 26.6. The van der Waals surface area contributed by atoms with Crippen molar-refractivity contribution < 1.29 is 23.4 Å². The summed E-state index contributed by atoms with van der Waals surface area (Å²) >= 11 is 0. The predicted octanol–water partition coefficient (Wildman–Crippen LogP) is 4.74. The standard InChI is InChI=1S/C33H34F2N6O3/c34-19-13-33(8-3-9-40(33)15-19)17-44-32-38-26-12-25(22-11-21(42)10-18-4-1-6-23(35)28(18)22)37-31-29(26)30(39-32)41-20-5-2-7-24(36-14-20)27(41)16-43-31/h1,4,6,10-12,19-20,24,27,36,42H,2-3,5,7-9,13-17H2/t19-,20?,24?,27+,33+/m1/s1. The summed E-state index contributed by atoms with van der Waals surface area (Å²) < 4.78 is 42.6. The molecule has 0 radical (unpaired) electrons. The lowest BCUT2D eigenvalue weighted by molar-refractivity contribution is 0.107. The Balaban J connectivity index is 1.22. The van der Waals surface area contributed by atoms with Gasteiger partial charge in [0, 0.05) is 42.5 Å². The third-order valence-corrected chi connectivity index (χ3v) is 10.5. The van der Waals surface area contributed by atoms with E-state index in [1.807, 2.05) is 6.07 Å². The van der Waals surface area contributed by atoms with Gasteiger partial charge in [0.25, 0.3) is 0 Å². The zero-order valence-corrected chi connectivity index (χ0v) is 24.3. The van der Waals surface area contributed by atoms with Crippen LogP contribution in [0.4, 0.5) is 14.6 Å². The molecule has 2 bridgehead atoms. The van der Waals surface area contributed by atoms with E-state index in [1.165, 1.54) is 12.1 Å². The number of hydrogen-bond acceptors (Lipinski definition) is 9. The molecule has 4 aromatic rings. The Kier molecular flexibility index (Phi) is 5.94. The van der Waals surface area contributed by atoms with Crippen molar-refractivity contribution in [3.05, 3.63) is 42.2 Å². The van der Waals surface area contributed by atoms with Crippen LogP contribution in [-0.2, 0) is 0 Å². The fourth-order valence-corrected chi connectivity index (χ4v) is 8.58. The highest BCUT2D eigenvalue weighted by Crippen LogP contribution is 2.45. The number of phenolic OH excluding ortho intramolecular Hbond substituents is 1. The summed E-state index contributed by atoms with van der Waals surface area (Å²) in [5, 5.41) is 15.9. The number of aromatic hydroxyl groups is 1. The fourth-order valence-electron chi connectivity index (χ4n) is 8.58. The Labute approximate surface area is 253 Å². The third kappa shape index (κ3) is 4.05. The van der Waals surface area contributed by atoms with Crippen molar-refractivity contribution in [2.24, 2.45) is 0 Å². The zero-order valence-electron chi connectivity index (χ0n) is 24.3. The van der Waals surface area contributed by atoms with Crippen LogP contribution < -0.4 is 19.7 Å². The molecule has 228 valence electrons. The van der Waals surface area contributed by atoms with Gasteiger partial charge in [-0.2, -0.15) is 9.97 Å². The number of nitrogens with zero attached hydrogens (tertiary/aromatic N) is 5. The maximum Gasteiger partial charge on any atom is 0.319 e. The Hall–Kier alpha value is -3.83. The molecule has 44 heavy (non-hydrogen) atoms. The molecule has 2 N–H and O–H groups in total. The summed E-state index contributed by atoms with van der Waals surface area (Å²) in [6.45, 7) is 2.91. The largest absolute Gasteiger partial charge is 0.508 e. The predicted molar refractivity (Wildman–Crippen MR) is 162 cm³/mol. The summed E-state index contributed by atoms with van der Waals surface area (Å²) in [6.07, 6.45) is 4.72. The number of pyridine rings is 1. The molecule has 2 unspecified atom stereocenters. The van der Waals surface area contributed by atoms with E-state index in [0.717, 1.165) is 51.0 Å². The Morgan fingerprint density at radius 1 is 1.11 bits per heavy atom. The Bertz CT molecular complexity index is 1800. The number of benzene rings is 2. The molecular formula is C33H34F2N6O3. The van der Waals surface area contributed by atoms with Crippen molar-refractivity contribution in [3.63, 3.8) is 0 Å². The summed E-state index contributed by atoms with van der Waals surface area (Å²) in [7, 11) is 0. The number of rotatable bonds is 4. The van der Waals surface area contributed by atoms with Crippen molar-refractivity contribution in [2.45, 2.75) is 68.4 Å². The van der Waals surface area contributed by atoms with E-state index in [2.05, 4.69) is 15.1 Å². The topological polar surface area (TPSA) is 95.9 Å². The van der Waals surface area contributed by atoms with E-state index in [0.29, 0.717) is 65.0 Å². The lowest BCUT2D eigenvalue weighted by atomic mass is 9.95. The number of alkyl halides is 1. The van der Waals surface area contributed by atoms with Gasteiger partial charge < -0.3 is 24.8 Å². The van der Waals surface area contributed by atoms with Gasteiger partial charge in [0.2, 0.25) is 5.88 Å². The average molecular weight is 601 g/mol. The smallest absolute Gasteiger partial charge is 0.319 e. The number of nitrogens with one attached hydrogen (secondary N) is 1. The lowest BCUT2D eigenvalue weighted by Gasteiger charge is -2.44. The molecule has 5 fully saturated rings. The molecule has 6 aliphatic heterocycles. The van der Waals surface area contributed by atoms with Crippen LogP contribution in [0.1, 0.15) is 38.5 Å². The highest BCUT2D eigenvalue weighted by molar-refractivity contribution is 6.01. The maximum absolute atomic E-state index is 15.2. The van der Waals surface area contributed by atoms with Crippen LogP contribution in [0.3, 0.4) is 0 Å². The molecule has 2 aromatic carbocycles. The Morgan fingerprint density at radius 2 is 2.05 bits per heavy atom. The molecule has 0 aliphatic carbocycles. The molecule has 0 amide bonds. The van der Waals surface area contributed by atoms with E-state index >= 15 is 4.39 Å². The first-order valence-corrected chi connectivity index (χ1v) is 15.8. The number of hydrogen-bond donors (Lipinski definition) is 2. The number of piperazine rings is 1. The monoisotopic (exact) mass is 600 g/mol. The van der Waals surface area contributed by atoms with Crippen LogP contribution in [0.25, 0.3) is 32.9 Å². The number of halogens is 2. The van der Waals surface area contributed by atoms with Crippen LogP contribution >= 0.6 is 0 Å². The number of ether oxygens (including phenoxy) is 2. The van der Waals surface area contributed by atoms with Gasteiger partial charge in [0.05, 0.1) is 22.8 Å². The van der Waals surface area contributed by atoms with E-state index < -0.39 is 12.0 Å². The minimum Gasteiger partial charge on any atom is -0.508 e. The van der Waals surface area contributed by atoms with Crippen LogP contribution in [0.15, 0.2) is 36.4 Å². The van der Waals surface area contributed by atoms with Crippen molar-refractivity contribution in [3.8, 4) is 28.9 Å². The van der Waals surface area contributed by atoms with Gasteiger partial charge in [-0.05, 0) is 68.3 Å². The zero-order chi connectivity index (χ0) is 29.6. The molecule has 5 saturated heterocycles. The molecule has 11 heteroatoms. The fraction of sp³-hybridized carbons (Fsp3) is 0.485. The highest BCUT2D eigenvalue weighted by Gasteiger charge is 2.50. The van der Waals surface area contributed by atoms with Gasteiger partial charge in [-0.1, -0.05) is 12.1 Å². The molecule has 6 aliphatic rings. The van der Waals surface area contributed by atoms with E-state index in [4.69, 9.17) is 24.4 Å². The number of aromatic nitrogens is 3. The summed E-state index contributed by atoms with van der Waals surface area (Å²) in [5.74, 6) is 0.731. The van der Waals surface area contributed by atoms with Gasteiger partial charge in [-0.25, -0.2) is 13.8 Å². The molecule has 8 heterocycles. The van der Waals surface area contributed by atoms with E-state index in [1.54, 1.807) is 18.2 Å². The minimum absolute atomic E-state index is 0.0123. The molecule has 10 rings (SSSR count). The third-order valence-electron chi connectivity index (χ3n) is 10.5. The molecule has 0 spiro atoms. The Morgan fingerprint density at radius 3 is 2.98 bits per heavy atom. The summed E-state index contributed by atoms with van der Waals surface area (Å²) in [4.78, 5) is 19.4. The van der Waals surface area contributed by atoms with Crippen LogP contribution in [0.5, 0.6) is 17.6 Å². The van der Waals surface area contributed by atoms with Crippen molar-refractivity contribution >= 4 is 27.5 Å². The summed E-state index contributed by atoms with van der Waals surface area (Å²) in [5.41, 5.74) is 1.12. The highest BCUT2D eigenvalue weighted by atomic mass is 19.1. The first-order valence-electron chi connectivity index (χ1n) is 15.8. The van der Waals surface area contributed by atoms with Gasteiger partial charge in [-0.3, -0.25) is 4.90 Å². The second-order valence-electron chi connectivity index (χ2n) is 13.1. The number of phenols is 1. The molecule has 9 nitrogen and oxygen atoms in total. The molecule has 0 saturated carbocycles. The van der Waals surface area contributed by atoms with Crippen molar-refractivity contribution in [2.75, 3.05) is 37.7 Å². The van der Waals surface area contributed by atoms with Gasteiger partial charge in [0.15, 0.2) is 0 Å². The summed E-state index contributed by atoms with van der Waals surface area (Å²) in [6, 6.07) is 10.4. The SMILES string of the molecule is Oc1cc(-c2cc3nc(OC[C@@]45CCCN4C[C@H](F)C5)nc4c3c(n2)OC[C@H]2C3CCCC(CN3)N42)c2c(F)cccc2c1. The minimum atomic E-state index is -0.854. The number of fused-ring (bicyclic) bond motifs is 5. The van der Waals surface area contributed by atoms with Crippen LogP contribution in [0, 0.1) is 5.82 Å². The van der Waals surface area contributed by atoms with Crippen LogP contribution in [-0.4, -0.2) is 87.6 Å². The lowest BCUT2D eigenvalue weighted by Crippen LogP contribution is -2.62. The van der Waals surface area contributed by atoms with Gasteiger partial charge in [-0.15, -0.1) is 0 Å². The second kappa shape index (κ2) is 9.84. The van der Waals surface area contributed by atoms with E-state index in [-0.39, 0.29) is 35.4 Å². The maximum atomic E-state index is 15.2. The average Bonchev–Trinajstić information content (AvgIpc) is 3.26. The second-order valence-corrected chi connectivity index (χ2v) is 13.1. The van der Waals surface area contributed by atoms with Gasteiger partial charge >= 0.3 is 6.01 Å². The normalized spacial score (nSPS) is 29.4. The van der Waals surface area contributed by atoms with Crippen molar-refractivity contribution in [1.29, 1.82) is 0 Å². The van der Waals surface area contributed by atoms with E-state index in [9.17, 15) is 9.50 Å². The molecular weight excluding hydrogens is 566 g/mol. The van der Waals surface area contributed by atoms with Crippen molar-refractivity contribution in [1.82, 2.24) is 25.2 Å². The van der Waals surface area contributed by atoms with Crippen LogP contribution in [0.2, 0.25) is 0 Å². The first-order chi connectivity index (χ1) is 21.5. The number of anilines is 1. The molecule has 2 aromatic heterocycles.